The van der Waals surface area contributed by atoms with Crippen molar-refractivity contribution in [3.8, 4) is 17.1 Å². The Balaban J connectivity index is 1.78. The summed E-state index contributed by atoms with van der Waals surface area (Å²) in [7, 11) is 1.55. The number of aromatic nitrogens is 3. The number of nitrogens with zero attached hydrogens (tertiary/aromatic N) is 3. The largest absolute Gasteiger partial charge is 0.481 e. The highest BCUT2D eigenvalue weighted by Gasteiger charge is 2.35. The number of hydrogen-bond acceptors (Lipinski definition) is 7. The number of fused-ring (bicyclic) bond motifs is 1. The standard InChI is InChI=1S/C25H28N4O4/c1-6-29-24(28-22-19-10-8-7-9-17(19)13-20(22)33-16(4)30)15(3)27-23(25(29)31)18-11-12-21(32-5)26-14(18)2/h7-12,20,22,28H,6,13H2,1-5H3/t20-,22?/m0/s1. The number of carbonyl (C=O) groups is 1. The van der Waals surface area contributed by atoms with Gasteiger partial charge in [-0.1, -0.05) is 24.3 Å². The molecule has 1 unspecified atom stereocenters. The molecule has 2 aromatic heterocycles. The molecule has 0 saturated carbocycles. The number of benzene rings is 1. The lowest BCUT2D eigenvalue weighted by molar-refractivity contribution is -0.146. The van der Waals surface area contributed by atoms with Crippen LogP contribution in [0, 0.1) is 13.8 Å². The fourth-order valence-corrected chi connectivity index (χ4v) is 4.45. The molecular formula is C25H28N4O4. The first-order valence-electron chi connectivity index (χ1n) is 11.0. The van der Waals surface area contributed by atoms with Crippen molar-refractivity contribution in [2.45, 2.75) is 52.8 Å². The number of carbonyl (C=O) groups excluding carboxylic acids is 1. The molecule has 0 bridgehead atoms. The molecule has 1 N–H and O–H groups in total. The minimum absolute atomic E-state index is 0.212. The summed E-state index contributed by atoms with van der Waals surface area (Å²) in [6.45, 7) is 7.48. The van der Waals surface area contributed by atoms with Crippen LogP contribution in [0.1, 0.15) is 42.4 Å². The molecule has 0 fully saturated rings. The lowest BCUT2D eigenvalue weighted by Crippen LogP contribution is -2.32. The number of nitrogens with one attached hydrogen (secondary N) is 1. The van der Waals surface area contributed by atoms with Gasteiger partial charge in [-0.2, -0.15) is 0 Å². The minimum atomic E-state index is -0.368. The Labute approximate surface area is 192 Å². The van der Waals surface area contributed by atoms with Crippen molar-refractivity contribution in [1.82, 2.24) is 14.5 Å². The molecular weight excluding hydrogens is 420 g/mol. The Hall–Kier alpha value is -3.68. The van der Waals surface area contributed by atoms with Crippen LogP contribution < -0.4 is 15.6 Å². The van der Waals surface area contributed by atoms with Crippen LogP contribution in [0.2, 0.25) is 0 Å². The first-order valence-corrected chi connectivity index (χ1v) is 11.0. The van der Waals surface area contributed by atoms with E-state index < -0.39 is 0 Å². The van der Waals surface area contributed by atoms with Crippen molar-refractivity contribution in [3.63, 3.8) is 0 Å². The van der Waals surface area contributed by atoms with Gasteiger partial charge in [0.25, 0.3) is 5.56 Å². The number of anilines is 1. The monoisotopic (exact) mass is 448 g/mol. The summed E-state index contributed by atoms with van der Waals surface area (Å²) in [5, 5.41) is 3.48. The molecule has 1 aliphatic carbocycles. The molecule has 0 saturated heterocycles. The summed E-state index contributed by atoms with van der Waals surface area (Å²) in [6.07, 6.45) is 0.248. The molecule has 172 valence electrons. The summed E-state index contributed by atoms with van der Waals surface area (Å²) in [4.78, 5) is 34.3. The van der Waals surface area contributed by atoms with Crippen LogP contribution in [0.3, 0.4) is 0 Å². The van der Waals surface area contributed by atoms with Crippen LogP contribution in [0.15, 0.2) is 41.2 Å². The second-order valence-corrected chi connectivity index (χ2v) is 8.10. The van der Waals surface area contributed by atoms with Crippen LogP contribution in [0.5, 0.6) is 5.88 Å². The van der Waals surface area contributed by atoms with Gasteiger partial charge in [0.15, 0.2) is 0 Å². The van der Waals surface area contributed by atoms with Gasteiger partial charge in [-0.15, -0.1) is 0 Å². The first kappa shape index (κ1) is 22.5. The molecule has 3 aromatic rings. The summed E-state index contributed by atoms with van der Waals surface area (Å²) < 4.78 is 12.5. The molecule has 4 rings (SSSR count). The van der Waals surface area contributed by atoms with E-state index in [2.05, 4.69) is 15.3 Å². The van der Waals surface area contributed by atoms with Crippen molar-refractivity contribution < 1.29 is 14.3 Å². The van der Waals surface area contributed by atoms with Crippen molar-refractivity contribution in [1.29, 1.82) is 0 Å². The molecule has 0 spiro atoms. The van der Waals surface area contributed by atoms with E-state index in [1.54, 1.807) is 23.8 Å². The zero-order valence-electron chi connectivity index (χ0n) is 19.5. The zero-order valence-corrected chi connectivity index (χ0v) is 19.5. The molecule has 0 aliphatic heterocycles. The smallest absolute Gasteiger partial charge is 0.302 e. The van der Waals surface area contributed by atoms with Gasteiger partial charge in [0.2, 0.25) is 5.88 Å². The maximum Gasteiger partial charge on any atom is 0.302 e. The number of hydrogen-bond donors (Lipinski definition) is 1. The third-order valence-electron chi connectivity index (χ3n) is 5.97. The molecule has 2 atom stereocenters. The summed E-state index contributed by atoms with van der Waals surface area (Å²) >= 11 is 0. The maximum absolute atomic E-state index is 13.5. The van der Waals surface area contributed by atoms with Gasteiger partial charge in [-0.05, 0) is 38.0 Å². The number of esters is 1. The van der Waals surface area contributed by atoms with Crippen molar-refractivity contribution in [2.75, 3.05) is 12.4 Å². The summed E-state index contributed by atoms with van der Waals surface area (Å²) in [5.74, 6) is 0.767. The third-order valence-corrected chi connectivity index (χ3v) is 5.97. The zero-order chi connectivity index (χ0) is 23.7. The number of ether oxygens (including phenoxy) is 2. The van der Waals surface area contributed by atoms with E-state index in [9.17, 15) is 9.59 Å². The van der Waals surface area contributed by atoms with E-state index in [4.69, 9.17) is 9.47 Å². The van der Waals surface area contributed by atoms with E-state index in [1.807, 2.05) is 45.0 Å². The quantitative estimate of drug-likeness (QED) is 0.576. The topological polar surface area (TPSA) is 95.3 Å². The molecule has 2 heterocycles. The molecule has 0 amide bonds. The van der Waals surface area contributed by atoms with Gasteiger partial charge >= 0.3 is 5.97 Å². The van der Waals surface area contributed by atoms with Gasteiger partial charge in [0, 0.05) is 31.5 Å². The average Bonchev–Trinajstić information content (AvgIpc) is 3.12. The molecule has 1 aromatic carbocycles. The minimum Gasteiger partial charge on any atom is -0.481 e. The third kappa shape index (κ3) is 4.20. The Kier molecular flexibility index (Phi) is 6.18. The van der Waals surface area contributed by atoms with Crippen LogP contribution in [-0.4, -0.2) is 33.7 Å². The number of methoxy groups -OCH3 is 1. The van der Waals surface area contributed by atoms with Crippen LogP contribution in [0.4, 0.5) is 5.82 Å². The van der Waals surface area contributed by atoms with Crippen LogP contribution >= 0.6 is 0 Å². The highest BCUT2D eigenvalue weighted by molar-refractivity contribution is 5.67. The van der Waals surface area contributed by atoms with Crippen molar-refractivity contribution in [3.05, 3.63) is 69.3 Å². The Morgan fingerprint density at radius 2 is 1.91 bits per heavy atom. The highest BCUT2D eigenvalue weighted by atomic mass is 16.5. The maximum atomic E-state index is 13.5. The molecule has 0 radical (unpaired) electrons. The highest BCUT2D eigenvalue weighted by Crippen LogP contribution is 2.36. The van der Waals surface area contributed by atoms with Gasteiger partial charge < -0.3 is 14.8 Å². The lowest BCUT2D eigenvalue weighted by Gasteiger charge is -2.25. The second kappa shape index (κ2) is 9.05. The lowest BCUT2D eigenvalue weighted by atomic mass is 10.1. The predicted octanol–water partition coefficient (Wildman–Crippen LogP) is 3.59. The fraction of sp³-hybridized carbons (Fsp3) is 0.360. The van der Waals surface area contributed by atoms with Gasteiger partial charge in [-0.25, -0.2) is 9.97 Å². The molecule has 33 heavy (non-hydrogen) atoms. The normalized spacial score (nSPS) is 16.9. The number of aryl methyl sites for hydroxylation is 2. The second-order valence-electron chi connectivity index (χ2n) is 8.10. The van der Waals surface area contributed by atoms with E-state index >= 15 is 0 Å². The first-order chi connectivity index (χ1) is 15.8. The van der Waals surface area contributed by atoms with Crippen LogP contribution in [-0.2, 0) is 22.5 Å². The van der Waals surface area contributed by atoms with Gasteiger partial charge in [0.05, 0.1) is 24.5 Å². The molecule has 8 heteroatoms. The molecule has 1 aliphatic rings. The van der Waals surface area contributed by atoms with E-state index in [0.29, 0.717) is 47.3 Å². The van der Waals surface area contributed by atoms with Gasteiger partial charge in [-0.3, -0.25) is 14.2 Å². The van der Waals surface area contributed by atoms with E-state index in [1.165, 1.54) is 6.92 Å². The summed E-state index contributed by atoms with van der Waals surface area (Å²) in [6, 6.07) is 11.2. The average molecular weight is 449 g/mol. The Bertz CT molecular complexity index is 1270. The fourth-order valence-electron chi connectivity index (χ4n) is 4.45. The van der Waals surface area contributed by atoms with E-state index in [0.717, 1.165) is 11.1 Å². The summed E-state index contributed by atoms with van der Waals surface area (Å²) in [5.41, 5.74) is 4.31. The van der Waals surface area contributed by atoms with Crippen LogP contribution in [0.25, 0.3) is 11.3 Å². The number of rotatable bonds is 6. The van der Waals surface area contributed by atoms with E-state index in [-0.39, 0.29) is 23.7 Å². The molecule has 8 nitrogen and oxygen atoms in total. The van der Waals surface area contributed by atoms with Gasteiger partial charge in [0.1, 0.15) is 17.6 Å². The van der Waals surface area contributed by atoms with Crippen molar-refractivity contribution in [2.24, 2.45) is 0 Å². The van der Waals surface area contributed by atoms with Crippen molar-refractivity contribution >= 4 is 11.8 Å². The SMILES string of the molecule is CCn1c(NC2c3ccccc3C[C@@H]2OC(C)=O)c(C)nc(-c2ccc(OC)nc2C)c1=O. The Morgan fingerprint density at radius 1 is 1.15 bits per heavy atom. The number of pyridine rings is 1. The Morgan fingerprint density at radius 3 is 2.58 bits per heavy atom. The predicted molar refractivity (Wildman–Crippen MR) is 125 cm³/mol.